The molecule has 4 atom stereocenters. The maximum Gasteiger partial charge on any atom is 0.309 e. The number of ether oxygens (including phenoxy) is 1. The van der Waals surface area contributed by atoms with E-state index in [0.29, 0.717) is 19.4 Å². The monoisotopic (exact) mass is 318 g/mol. The highest BCUT2D eigenvalue weighted by molar-refractivity contribution is 6.74. The Hall–Kier alpha value is -0.433. The molecule has 0 aromatic carbocycles. The number of esters is 1. The van der Waals surface area contributed by atoms with Crippen molar-refractivity contribution in [2.24, 2.45) is 5.92 Å². The molecule has 21 heavy (non-hydrogen) atoms. The zero-order valence-corrected chi connectivity index (χ0v) is 15.0. The molecular weight excluding hydrogens is 288 g/mol. The topological polar surface area (TPSA) is 76.0 Å². The summed E-state index contributed by atoms with van der Waals surface area (Å²) < 4.78 is 11.1. The standard InChI is InChI=1S/C15H30O5Si/c1-10-9-12(20-14(10)18)13(17)11(16)7-8-19-21(5,6)15(2,3)4/h10-13,16-17H,7-9H2,1-6H3/t10-,11+,12-,13-/m0/s1. The fourth-order valence-electron chi connectivity index (χ4n) is 2.04. The predicted octanol–water partition coefficient (Wildman–Crippen LogP) is 2.07. The molecule has 0 aromatic heterocycles. The van der Waals surface area contributed by atoms with Gasteiger partial charge in [0, 0.05) is 13.0 Å². The lowest BCUT2D eigenvalue weighted by molar-refractivity contribution is -0.150. The van der Waals surface area contributed by atoms with E-state index >= 15 is 0 Å². The Kier molecular flexibility index (Phi) is 6.00. The second-order valence-corrected chi connectivity index (χ2v) is 12.4. The summed E-state index contributed by atoms with van der Waals surface area (Å²) in [6.45, 7) is 12.9. The summed E-state index contributed by atoms with van der Waals surface area (Å²) in [5.41, 5.74) is 0. The van der Waals surface area contributed by atoms with Gasteiger partial charge in [0.05, 0.1) is 12.0 Å². The van der Waals surface area contributed by atoms with Gasteiger partial charge >= 0.3 is 5.97 Å². The van der Waals surface area contributed by atoms with Crippen LogP contribution in [0.15, 0.2) is 0 Å². The third-order valence-electron chi connectivity index (χ3n) is 4.71. The van der Waals surface area contributed by atoms with Crippen molar-refractivity contribution in [2.45, 2.75) is 77.0 Å². The van der Waals surface area contributed by atoms with E-state index in [1.165, 1.54) is 0 Å². The number of aliphatic hydroxyl groups excluding tert-OH is 2. The highest BCUT2D eigenvalue weighted by Gasteiger charge is 2.40. The van der Waals surface area contributed by atoms with Gasteiger partial charge in [-0.15, -0.1) is 0 Å². The number of carbonyl (C=O) groups excluding carboxylic acids is 1. The van der Waals surface area contributed by atoms with Gasteiger partial charge in [-0.05, 0) is 24.6 Å². The van der Waals surface area contributed by atoms with Crippen molar-refractivity contribution < 1.29 is 24.2 Å². The Morgan fingerprint density at radius 2 is 1.95 bits per heavy atom. The zero-order chi connectivity index (χ0) is 16.4. The van der Waals surface area contributed by atoms with Gasteiger partial charge in [0.15, 0.2) is 8.32 Å². The number of aliphatic hydroxyl groups is 2. The molecule has 1 aliphatic heterocycles. The van der Waals surface area contributed by atoms with Crippen LogP contribution in [0.1, 0.15) is 40.5 Å². The molecule has 0 bridgehead atoms. The van der Waals surface area contributed by atoms with E-state index in [0.717, 1.165) is 0 Å². The van der Waals surface area contributed by atoms with E-state index in [1.807, 2.05) is 0 Å². The van der Waals surface area contributed by atoms with Gasteiger partial charge in [0.25, 0.3) is 0 Å². The minimum Gasteiger partial charge on any atom is -0.459 e. The summed E-state index contributed by atoms with van der Waals surface area (Å²) >= 11 is 0. The molecule has 6 heteroatoms. The number of hydrogen-bond acceptors (Lipinski definition) is 5. The van der Waals surface area contributed by atoms with Crippen molar-refractivity contribution in [1.82, 2.24) is 0 Å². The molecule has 0 aromatic rings. The molecule has 0 spiro atoms. The molecule has 5 nitrogen and oxygen atoms in total. The Balaban J connectivity index is 2.40. The third-order valence-corrected chi connectivity index (χ3v) is 9.25. The molecule has 1 heterocycles. The zero-order valence-electron chi connectivity index (χ0n) is 14.0. The average Bonchev–Trinajstić information content (AvgIpc) is 2.66. The highest BCUT2D eigenvalue weighted by atomic mass is 28.4. The highest BCUT2D eigenvalue weighted by Crippen LogP contribution is 2.36. The summed E-state index contributed by atoms with van der Waals surface area (Å²) in [7, 11) is -1.84. The Morgan fingerprint density at radius 3 is 2.38 bits per heavy atom. The molecule has 0 aliphatic carbocycles. The second-order valence-electron chi connectivity index (χ2n) is 7.57. The van der Waals surface area contributed by atoms with E-state index in [-0.39, 0.29) is 16.9 Å². The number of carbonyl (C=O) groups is 1. The van der Waals surface area contributed by atoms with E-state index in [1.54, 1.807) is 6.92 Å². The van der Waals surface area contributed by atoms with E-state index in [4.69, 9.17) is 9.16 Å². The number of hydrogen-bond donors (Lipinski definition) is 2. The molecular formula is C15H30O5Si. The summed E-state index contributed by atoms with van der Waals surface area (Å²) in [6, 6.07) is 0. The minimum atomic E-state index is -1.84. The first-order chi connectivity index (χ1) is 9.45. The Bertz CT molecular complexity index is 364. The van der Waals surface area contributed by atoms with Crippen molar-refractivity contribution in [1.29, 1.82) is 0 Å². The van der Waals surface area contributed by atoms with Crippen molar-refractivity contribution in [2.75, 3.05) is 6.61 Å². The Labute approximate surface area is 128 Å². The smallest absolute Gasteiger partial charge is 0.309 e. The fraction of sp³-hybridized carbons (Fsp3) is 0.933. The van der Waals surface area contributed by atoms with Crippen LogP contribution in [0.3, 0.4) is 0 Å². The summed E-state index contributed by atoms with van der Waals surface area (Å²) in [6.07, 6.45) is -1.77. The van der Waals surface area contributed by atoms with Gasteiger partial charge in [0.1, 0.15) is 12.2 Å². The lowest BCUT2D eigenvalue weighted by Crippen LogP contribution is -2.43. The van der Waals surface area contributed by atoms with Gasteiger partial charge in [-0.25, -0.2) is 0 Å². The maximum absolute atomic E-state index is 11.3. The lowest BCUT2D eigenvalue weighted by Gasteiger charge is -2.36. The van der Waals surface area contributed by atoms with Crippen LogP contribution in [-0.2, 0) is 14.0 Å². The quantitative estimate of drug-likeness (QED) is 0.579. The average molecular weight is 318 g/mol. The van der Waals surface area contributed by atoms with Crippen molar-refractivity contribution in [3.8, 4) is 0 Å². The maximum atomic E-state index is 11.3. The van der Waals surface area contributed by atoms with Crippen LogP contribution in [0.25, 0.3) is 0 Å². The van der Waals surface area contributed by atoms with E-state index < -0.39 is 26.6 Å². The van der Waals surface area contributed by atoms with Crippen molar-refractivity contribution >= 4 is 14.3 Å². The van der Waals surface area contributed by atoms with Gasteiger partial charge in [-0.1, -0.05) is 27.7 Å². The molecule has 124 valence electrons. The number of rotatable bonds is 6. The van der Waals surface area contributed by atoms with E-state index in [2.05, 4.69) is 33.9 Å². The molecule has 2 N–H and O–H groups in total. The van der Waals surface area contributed by atoms with Crippen LogP contribution in [0.5, 0.6) is 0 Å². The summed E-state index contributed by atoms with van der Waals surface area (Å²) in [5, 5.41) is 20.2. The fourth-order valence-corrected chi connectivity index (χ4v) is 3.10. The Morgan fingerprint density at radius 1 is 1.38 bits per heavy atom. The van der Waals surface area contributed by atoms with Crippen molar-refractivity contribution in [3.05, 3.63) is 0 Å². The van der Waals surface area contributed by atoms with Gasteiger partial charge < -0.3 is 19.4 Å². The third kappa shape index (κ3) is 4.77. The van der Waals surface area contributed by atoms with Crippen LogP contribution in [-0.4, -0.2) is 49.4 Å². The SMILES string of the molecule is C[C@H]1C[C@@H]([C@@H](O)[C@H](O)CCO[Si](C)(C)C(C)(C)C)OC1=O. The van der Waals surface area contributed by atoms with Crippen molar-refractivity contribution in [3.63, 3.8) is 0 Å². The minimum absolute atomic E-state index is 0.118. The van der Waals surface area contributed by atoms with Crippen LogP contribution < -0.4 is 0 Å². The number of cyclic esters (lactones) is 1. The molecule has 1 aliphatic rings. The molecule has 1 saturated heterocycles. The summed E-state index contributed by atoms with van der Waals surface area (Å²) in [5.74, 6) is -0.510. The van der Waals surface area contributed by atoms with Crippen LogP contribution in [0, 0.1) is 5.92 Å². The molecule has 1 rings (SSSR count). The molecule has 0 saturated carbocycles. The van der Waals surface area contributed by atoms with Gasteiger partial charge in [0.2, 0.25) is 0 Å². The first kappa shape index (κ1) is 18.6. The van der Waals surface area contributed by atoms with E-state index in [9.17, 15) is 15.0 Å². The van der Waals surface area contributed by atoms with Gasteiger partial charge in [-0.2, -0.15) is 0 Å². The van der Waals surface area contributed by atoms with Gasteiger partial charge in [-0.3, -0.25) is 4.79 Å². The first-order valence-corrected chi connectivity index (χ1v) is 10.6. The molecule has 1 fully saturated rings. The predicted molar refractivity (Wildman–Crippen MR) is 83.4 cm³/mol. The summed E-state index contributed by atoms with van der Waals surface area (Å²) in [4.78, 5) is 11.3. The first-order valence-electron chi connectivity index (χ1n) is 7.66. The molecule has 0 amide bonds. The normalized spacial score (nSPS) is 26.6. The molecule has 0 radical (unpaired) electrons. The van der Waals surface area contributed by atoms with Crippen LogP contribution >= 0.6 is 0 Å². The molecule has 0 unspecified atom stereocenters. The second kappa shape index (κ2) is 6.77. The lowest BCUT2D eigenvalue weighted by atomic mass is 9.99. The van der Waals surface area contributed by atoms with Crippen LogP contribution in [0.4, 0.5) is 0 Å². The van der Waals surface area contributed by atoms with Crippen LogP contribution in [0.2, 0.25) is 18.1 Å². The largest absolute Gasteiger partial charge is 0.459 e.